The highest BCUT2D eigenvalue weighted by Gasteiger charge is 1.96. The van der Waals surface area contributed by atoms with Crippen molar-refractivity contribution in [3.8, 4) is 5.75 Å². The number of hydrogen-bond acceptors (Lipinski definition) is 1. The summed E-state index contributed by atoms with van der Waals surface area (Å²) in [6.45, 7) is 7.35. The first-order valence-corrected chi connectivity index (χ1v) is 4.48. The maximum Gasteiger partial charge on any atom is 0.115 e. The van der Waals surface area contributed by atoms with Gasteiger partial charge in [-0.3, -0.25) is 0 Å². The van der Waals surface area contributed by atoms with Crippen molar-refractivity contribution in [2.45, 2.75) is 6.42 Å². The Morgan fingerprint density at radius 2 is 2.14 bits per heavy atom. The van der Waals surface area contributed by atoms with E-state index in [1.54, 1.807) is 24.3 Å². The Kier molecular flexibility index (Phi) is 3.74. The molecule has 1 heteroatoms. The van der Waals surface area contributed by atoms with Crippen molar-refractivity contribution in [3.05, 3.63) is 66.8 Å². The second kappa shape index (κ2) is 5.07. The predicted octanol–water partition coefficient (Wildman–Crippen LogP) is 3.23. The van der Waals surface area contributed by atoms with Crippen molar-refractivity contribution in [3.63, 3.8) is 0 Å². The average molecular weight is 186 g/mol. The van der Waals surface area contributed by atoms with Gasteiger partial charge in [0.15, 0.2) is 0 Å². The molecular weight excluding hydrogens is 172 g/mol. The minimum absolute atomic E-state index is 0.296. The molecule has 0 spiro atoms. The van der Waals surface area contributed by atoms with E-state index in [1.807, 2.05) is 18.2 Å². The van der Waals surface area contributed by atoms with Crippen molar-refractivity contribution in [1.29, 1.82) is 0 Å². The van der Waals surface area contributed by atoms with Crippen LogP contribution in [-0.2, 0) is 6.42 Å². The van der Waals surface area contributed by atoms with Gasteiger partial charge in [-0.25, -0.2) is 0 Å². The lowest BCUT2D eigenvalue weighted by molar-refractivity contribution is 0.474. The van der Waals surface area contributed by atoms with Crippen LogP contribution >= 0.6 is 0 Å². The lowest BCUT2D eigenvalue weighted by Gasteiger charge is -2.02. The van der Waals surface area contributed by atoms with Crippen LogP contribution in [0.4, 0.5) is 0 Å². The molecule has 1 N–H and O–H groups in total. The Bertz CT molecular complexity index is 361. The van der Waals surface area contributed by atoms with E-state index in [0.29, 0.717) is 5.75 Å². The molecule has 0 radical (unpaired) electrons. The van der Waals surface area contributed by atoms with E-state index in [-0.39, 0.29) is 0 Å². The van der Waals surface area contributed by atoms with Gasteiger partial charge in [0.05, 0.1) is 0 Å². The van der Waals surface area contributed by atoms with Crippen LogP contribution in [0.1, 0.15) is 5.56 Å². The summed E-state index contributed by atoms with van der Waals surface area (Å²) >= 11 is 0. The Hall–Kier alpha value is -1.76. The van der Waals surface area contributed by atoms with E-state index in [9.17, 15) is 5.11 Å². The summed E-state index contributed by atoms with van der Waals surface area (Å²) in [5.41, 5.74) is 2.16. The van der Waals surface area contributed by atoms with Gasteiger partial charge < -0.3 is 5.11 Å². The van der Waals surface area contributed by atoms with Crippen molar-refractivity contribution >= 4 is 0 Å². The SMILES string of the molecule is C=C/C=C(\C=C)Cc1cccc(O)c1. The highest BCUT2D eigenvalue weighted by atomic mass is 16.3. The number of phenols is 1. The van der Waals surface area contributed by atoms with Crippen LogP contribution in [0.5, 0.6) is 5.75 Å². The highest BCUT2D eigenvalue weighted by molar-refractivity contribution is 5.33. The van der Waals surface area contributed by atoms with Crippen LogP contribution in [-0.4, -0.2) is 5.11 Å². The number of aromatic hydroxyl groups is 1. The monoisotopic (exact) mass is 186 g/mol. The molecule has 0 aromatic heterocycles. The Morgan fingerprint density at radius 1 is 1.36 bits per heavy atom. The van der Waals surface area contributed by atoms with Gasteiger partial charge in [0.25, 0.3) is 0 Å². The van der Waals surface area contributed by atoms with E-state index in [4.69, 9.17) is 0 Å². The fourth-order valence-corrected chi connectivity index (χ4v) is 1.25. The van der Waals surface area contributed by atoms with Crippen LogP contribution in [0, 0.1) is 0 Å². The van der Waals surface area contributed by atoms with E-state index < -0.39 is 0 Å². The van der Waals surface area contributed by atoms with Gasteiger partial charge >= 0.3 is 0 Å². The molecule has 72 valence electrons. The first-order chi connectivity index (χ1) is 6.76. The molecule has 0 unspecified atom stereocenters. The van der Waals surface area contributed by atoms with Gasteiger partial charge in [-0.05, 0) is 29.7 Å². The van der Waals surface area contributed by atoms with Gasteiger partial charge in [0.2, 0.25) is 0 Å². The Morgan fingerprint density at radius 3 is 2.71 bits per heavy atom. The Balaban J connectivity index is 2.82. The van der Waals surface area contributed by atoms with E-state index in [0.717, 1.165) is 17.6 Å². The topological polar surface area (TPSA) is 20.2 Å². The summed E-state index contributed by atoms with van der Waals surface area (Å²) in [6, 6.07) is 7.22. The largest absolute Gasteiger partial charge is 0.508 e. The number of rotatable bonds is 4. The zero-order chi connectivity index (χ0) is 10.4. The van der Waals surface area contributed by atoms with Crippen LogP contribution < -0.4 is 0 Å². The van der Waals surface area contributed by atoms with Gasteiger partial charge in [-0.1, -0.05) is 43.5 Å². The quantitative estimate of drug-likeness (QED) is 0.716. The van der Waals surface area contributed by atoms with Crippen LogP contribution in [0.2, 0.25) is 0 Å². The molecule has 0 aliphatic heterocycles. The van der Waals surface area contributed by atoms with E-state index in [2.05, 4.69) is 13.2 Å². The molecular formula is C13H14O. The summed E-state index contributed by atoms with van der Waals surface area (Å²) in [6.07, 6.45) is 6.21. The molecule has 0 bridgehead atoms. The molecule has 0 fully saturated rings. The summed E-state index contributed by atoms with van der Waals surface area (Å²) in [7, 11) is 0. The van der Waals surface area contributed by atoms with E-state index in [1.165, 1.54) is 0 Å². The molecule has 0 aliphatic carbocycles. The third-order valence-electron chi connectivity index (χ3n) is 1.91. The van der Waals surface area contributed by atoms with Crippen molar-refractivity contribution in [1.82, 2.24) is 0 Å². The minimum atomic E-state index is 0.296. The molecule has 1 nitrogen and oxygen atoms in total. The molecule has 14 heavy (non-hydrogen) atoms. The van der Waals surface area contributed by atoms with Gasteiger partial charge in [0, 0.05) is 0 Å². The van der Waals surface area contributed by atoms with Gasteiger partial charge in [-0.15, -0.1) is 0 Å². The van der Waals surface area contributed by atoms with Gasteiger partial charge in [-0.2, -0.15) is 0 Å². The van der Waals surface area contributed by atoms with Crippen molar-refractivity contribution in [2.75, 3.05) is 0 Å². The lowest BCUT2D eigenvalue weighted by Crippen LogP contribution is -1.86. The zero-order valence-electron chi connectivity index (χ0n) is 8.11. The fraction of sp³-hybridized carbons (Fsp3) is 0.0769. The summed E-state index contributed by atoms with van der Waals surface area (Å²) in [5, 5.41) is 9.26. The molecule has 0 saturated heterocycles. The first-order valence-electron chi connectivity index (χ1n) is 4.48. The summed E-state index contributed by atoms with van der Waals surface area (Å²) < 4.78 is 0. The molecule has 0 amide bonds. The number of hydrogen-bond donors (Lipinski definition) is 1. The van der Waals surface area contributed by atoms with E-state index >= 15 is 0 Å². The van der Waals surface area contributed by atoms with Crippen LogP contribution in [0.3, 0.4) is 0 Å². The fourth-order valence-electron chi connectivity index (χ4n) is 1.25. The first kappa shape index (κ1) is 10.3. The molecule has 1 rings (SSSR count). The second-order valence-corrected chi connectivity index (χ2v) is 3.03. The molecule has 1 aromatic rings. The average Bonchev–Trinajstić information content (AvgIpc) is 2.17. The zero-order valence-corrected chi connectivity index (χ0v) is 8.11. The van der Waals surface area contributed by atoms with Crippen LogP contribution in [0.15, 0.2) is 61.2 Å². The number of benzene rings is 1. The maximum atomic E-state index is 9.26. The lowest BCUT2D eigenvalue weighted by atomic mass is 10.0. The second-order valence-electron chi connectivity index (χ2n) is 3.03. The summed E-state index contributed by atoms with van der Waals surface area (Å²) in [4.78, 5) is 0. The molecule has 1 aromatic carbocycles. The molecule has 0 aliphatic rings. The number of allylic oxidation sites excluding steroid dienone is 4. The third kappa shape index (κ3) is 2.94. The van der Waals surface area contributed by atoms with Crippen molar-refractivity contribution in [2.24, 2.45) is 0 Å². The number of phenolic OH excluding ortho intramolecular Hbond substituents is 1. The highest BCUT2D eigenvalue weighted by Crippen LogP contribution is 2.14. The molecule has 0 atom stereocenters. The molecule has 0 heterocycles. The maximum absolute atomic E-state index is 9.26. The minimum Gasteiger partial charge on any atom is -0.508 e. The smallest absolute Gasteiger partial charge is 0.115 e. The van der Waals surface area contributed by atoms with Gasteiger partial charge in [0.1, 0.15) is 5.75 Å². The normalized spacial score (nSPS) is 11.0. The third-order valence-corrected chi connectivity index (χ3v) is 1.91. The molecule has 0 saturated carbocycles. The van der Waals surface area contributed by atoms with Crippen molar-refractivity contribution < 1.29 is 5.11 Å². The summed E-state index contributed by atoms with van der Waals surface area (Å²) in [5.74, 6) is 0.296. The standard InChI is InChI=1S/C13H14O/c1-3-6-11(4-2)9-12-7-5-8-13(14)10-12/h3-8,10,14H,1-2,9H2/b11-6+. The van der Waals surface area contributed by atoms with Crippen LogP contribution in [0.25, 0.3) is 0 Å². The predicted molar refractivity (Wildman–Crippen MR) is 60.3 cm³/mol. The Labute approximate surface area is 84.7 Å².